The van der Waals surface area contributed by atoms with Gasteiger partial charge in [-0.25, -0.2) is 9.37 Å². The fraction of sp³-hybridized carbons (Fsp3) is 0.292. The molecule has 8 nitrogen and oxygen atoms in total. The number of pyridine rings is 2. The first-order valence-electron chi connectivity index (χ1n) is 11.1. The van der Waals surface area contributed by atoms with Crippen molar-refractivity contribution < 1.29 is 9.18 Å². The quantitative estimate of drug-likeness (QED) is 0.419. The Kier molecular flexibility index (Phi) is 7.59. The molecule has 1 aliphatic rings. The second-order valence-electron chi connectivity index (χ2n) is 8.40. The third kappa shape index (κ3) is 5.75. The monoisotopic (exact) mass is 518 g/mol. The summed E-state index contributed by atoms with van der Waals surface area (Å²) in [6.45, 7) is 5.43. The zero-order valence-electron chi connectivity index (χ0n) is 19.2. The summed E-state index contributed by atoms with van der Waals surface area (Å²) in [5.41, 5.74) is 0.628. The highest BCUT2D eigenvalue weighted by molar-refractivity contribution is 6.36. The average Bonchev–Trinajstić information content (AvgIpc) is 2.84. The Hall–Kier alpha value is -3.14. The number of aromatic amines is 1. The number of rotatable bonds is 6. The number of hydrogen-bond donors (Lipinski definition) is 3. The molecule has 1 fully saturated rings. The van der Waals surface area contributed by atoms with Crippen molar-refractivity contribution in [1.29, 1.82) is 0 Å². The van der Waals surface area contributed by atoms with Gasteiger partial charge in [0.25, 0.3) is 11.5 Å². The molecule has 35 heavy (non-hydrogen) atoms. The van der Waals surface area contributed by atoms with E-state index >= 15 is 0 Å². The first kappa shape index (κ1) is 25.0. The van der Waals surface area contributed by atoms with Crippen LogP contribution in [0.1, 0.15) is 28.9 Å². The number of aromatic nitrogens is 2. The number of hydrogen-bond acceptors (Lipinski definition) is 6. The minimum Gasteiger partial charge on any atom is -0.377 e. The van der Waals surface area contributed by atoms with Crippen molar-refractivity contribution in [3.8, 4) is 0 Å². The molecule has 1 aliphatic heterocycles. The summed E-state index contributed by atoms with van der Waals surface area (Å²) in [5, 5.41) is 6.01. The number of carbonyl (C=O) groups is 1. The largest absolute Gasteiger partial charge is 0.377 e. The number of benzene rings is 1. The van der Waals surface area contributed by atoms with Gasteiger partial charge in [0.05, 0.1) is 28.6 Å². The number of halogens is 3. The lowest BCUT2D eigenvalue weighted by Gasteiger charge is -2.33. The van der Waals surface area contributed by atoms with Gasteiger partial charge < -0.3 is 25.4 Å². The summed E-state index contributed by atoms with van der Waals surface area (Å²) in [4.78, 5) is 36.6. The van der Waals surface area contributed by atoms with Gasteiger partial charge in [-0.15, -0.1) is 0 Å². The summed E-state index contributed by atoms with van der Waals surface area (Å²) in [7, 11) is 2.09. The van der Waals surface area contributed by atoms with E-state index in [1.165, 1.54) is 24.4 Å². The van der Waals surface area contributed by atoms with Gasteiger partial charge in [-0.05, 0) is 44.3 Å². The summed E-state index contributed by atoms with van der Waals surface area (Å²) in [6.07, 6.45) is 2.99. The van der Waals surface area contributed by atoms with Gasteiger partial charge in [-0.2, -0.15) is 0 Å². The lowest BCUT2D eigenvalue weighted by atomic mass is 10.1. The van der Waals surface area contributed by atoms with Gasteiger partial charge in [0, 0.05) is 43.0 Å². The number of likely N-dealkylation sites (N-methyl/N-ethyl adjacent to an activating group) is 1. The normalized spacial score (nSPS) is 15.1. The molecule has 1 atom stereocenters. The lowest BCUT2D eigenvalue weighted by molar-refractivity contribution is 0.102. The minimum absolute atomic E-state index is 0.0904. The molecule has 0 bridgehead atoms. The summed E-state index contributed by atoms with van der Waals surface area (Å²) in [6, 6.07) is 7.12. The second-order valence-corrected chi connectivity index (χ2v) is 9.19. The van der Waals surface area contributed by atoms with E-state index in [-0.39, 0.29) is 10.6 Å². The Morgan fingerprint density at radius 2 is 1.89 bits per heavy atom. The Bertz CT molecular complexity index is 1280. The van der Waals surface area contributed by atoms with Crippen molar-refractivity contribution in [2.24, 2.45) is 0 Å². The fourth-order valence-corrected chi connectivity index (χ4v) is 4.58. The highest BCUT2D eigenvalue weighted by Crippen LogP contribution is 2.34. The van der Waals surface area contributed by atoms with Crippen LogP contribution in [0.5, 0.6) is 0 Å². The van der Waals surface area contributed by atoms with Crippen LogP contribution in [0.15, 0.2) is 47.5 Å². The molecule has 1 amide bonds. The predicted molar refractivity (Wildman–Crippen MR) is 137 cm³/mol. The molecule has 184 valence electrons. The van der Waals surface area contributed by atoms with Crippen LogP contribution >= 0.6 is 23.2 Å². The molecule has 0 saturated carbocycles. The Labute approximate surface area is 212 Å². The average molecular weight is 519 g/mol. The maximum absolute atomic E-state index is 13.9. The van der Waals surface area contributed by atoms with Crippen molar-refractivity contribution in [3.63, 3.8) is 0 Å². The van der Waals surface area contributed by atoms with Crippen molar-refractivity contribution >= 4 is 46.3 Å². The van der Waals surface area contributed by atoms with Crippen LogP contribution in [0.3, 0.4) is 0 Å². The summed E-state index contributed by atoms with van der Waals surface area (Å²) < 4.78 is 13.9. The molecule has 2 aromatic heterocycles. The van der Waals surface area contributed by atoms with Crippen LogP contribution in [0.4, 0.5) is 21.6 Å². The number of piperazine rings is 1. The number of nitrogens with one attached hydrogen (secondary N) is 3. The van der Waals surface area contributed by atoms with Gasteiger partial charge in [-0.3, -0.25) is 9.59 Å². The van der Waals surface area contributed by atoms with E-state index in [1.54, 1.807) is 19.2 Å². The molecule has 3 N–H and O–H groups in total. The van der Waals surface area contributed by atoms with Gasteiger partial charge in [-0.1, -0.05) is 23.2 Å². The van der Waals surface area contributed by atoms with E-state index in [4.69, 9.17) is 23.2 Å². The Morgan fingerprint density at radius 1 is 1.14 bits per heavy atom. The molecular weight excluding hydrogens is 494 g/mol. The zero-order valence-corrected chi connectivity index (χ0v) is 20.8. The molecule has 11 heteroatoms. The SMILES string of the molecule is C[C@@H](Nc1c[nH]c(=O)c(C(=O)Nc2ccc(N3CCN(C)CC3)nc2)c1)c1c(Cl)ccc(F)c1Cl. The number of anilines is 3. The molecule has 0 spiro atoms. The molecule has 1 saturated heterocycles. The molecule has 0 unspecified atom stereocenters. The number of H-pyrrole nitrogens is 1. The maximum atomic E-state index is 13.9. The third-order valence-electron chi connectivity index (χ3n) is 5.88. The smallest absolute Gasteiger partial charge is 0.261 e. The van der Waals surface area contributed by atoms with Crippen LogP contribution in [-0.4, -0.2) is 54.0 Å². The molecule has 3 aromatic rings. The van der Waals surface area contributed by atoms with E-state index in [2.05, 4.69) is 37.4 Å². The van der Waals surface area contributed by atoms with Crippen molar-refractivity contribution in [2.75, 3.05) is 48.8 Å². The lowest BCUT2D eigenvalue weighted by Crippen LogP contribution is -2.44. The molecular formula is C24H25Cl2FN6O2. The first-order valence-corrected chi connectivity index (χ1v) is 11.8. The van der Waals surface area contributed by atoms with E-state index in [9.17, 15) is 14.0 Å². The minimum atomic E-state index is -0.589. The van der Waals surface area contributed by atoms with Crippen molar-refractivity contribution in [1.82, 2.24) is 14.9 Å². The molecule has 0 radical (unpaired) electrons. The van der Waals surface area contributed by atoms with Crippen molar-refractivity contribution in [2.45, 2.75) is 13.0 Å². The zero-order chi connectivity index (χ0) is 25.1. The van der Waals surface area contributed by atoms with Gasteiger partial charge in [0.2, 0.25) is 0 Å². The number of amides is 1. The fourth-order valence-electron chi connectivity index (χ4n) is 3.88. The van der Waals surface area contributed by atoms with Crippen LogP contribution < -0.4 is 21.1 Å². The summed E-state index contributed by atoms with van der Waals surface area (Å²) >= 11 is 12.3. The van der Waals surface area contributed by atoms with Gasteiger partial charge in [0.15, 0.2) is 0 Å². The Balaban J connectivity index is 1.46. The van der Waals surface area contributed by atoms with Crippen LogP contribution in [0, 0.1) is 5.82 Å². The Morgan fingerprint density at radius 3 is 2.57 bits per heavy atom. The molecule has 3 heterocycles. The highest BCUT2D eigenvalue weighted by Gasteiger charge is 2.19. The standard InChI is InChI=1S/C24H25Cl2FN6O2/c1-14(21-18(25)4-5-19(27)22(21)26)30-16-11-17(23(34)29-13-16)24(35)31-15-3-6-20(28-12-15)33-9-7-32(2)8-10-33/h3-6,11-14,30H,7-10H2,1-2H3,(H,29,34)(H,31,35)/t14-/m1/s1. The van der Waals surface area contributed by atoms with E-state index in [1.807, 2.05) is 6.07 Å². The molecule has 4 rings (SSSR count). The van der Waals surface area contributed by atoms with E-state index in [0.29, 0.717) is 22.0 Å². The van der Waals surface area contributed by atoms with Crippen LogP contribution in [0.2, 0.25) is 10.0 Å². The molecule has 1 aromatic carbocycles. The van der Waals surface area contributed by atoms with Crippen molar-refractivity contribution in [3.05, 3.63) is 80.1 Å². The van der Waals surface area contributed by atoms with E-state index in [0.717, 1.165) is 32.0 Å². The topological polar surface area (TPSA) is 93.4 Å². The first-order chi connectivity index (χ1) is 16.7. The number of nitrogens with zero attached hydrogens (tertiary/aromatic N) is 3. The summed E-state index contributed by atoms with van der Waals surface area (Å²) in [5.74, 6) is -0.337. The number of carbonyl (C=O) groups excluding carboxylic acids is 1. The molecule has 0 aliphatic carbocycles. The maximum Gasteiger partial charge on any atom is 0.261 e. The van der Waals surface area contributed by atoms with Gasteiger partial charge in [0.1, 0.15) is 17.2 Å². The predicted octanol–water partition coefficient (Wildman–Crippen LogP) is 4.39. The van der Waals surface area contributed by atoms with Crippen LogP contribution in [-0.2, 0) is 0 Å². The van der Waals surface area contributed by atoms with Crippen LogP contribution in [0.25, 0.3) is 0 Å². The van der Waals surface area contributed by atoms with Gasteiger partial charge >= 0.3 is 0 Å². The highest BCUT2D eigenvalue weighted by atomic mass is 35.5. The second kappa shape index (κ2) is 10.6. The van der Waals surface area contributed by atoms with E-state index < -0.39 is 23.3 Å². The third-order valence-corrected chi connectivity index (χ3v) is 6.59.